The van der Waals surface area contributed by atoms with Gasteiger partial charge in [-0.15, -0.1) is 17.0 Å². The highest BCUT2D eigenvalue weighted by Gasteiger charge is 2.05. The second-order valence-electron chi connectivity index (χ2n) is 1.30. The molecule has 64 valence electrons. The van der Waals surface area contributed by atoms with Gasteiger partial charge in [0, 0.05) is 6.54 Å². The van der Waals surface area contributed by atoms with E-state index < -0.39 is 10.1 Å². The van der Waals surface area contributed by atoms with Crippen LogP contribution < -0.4 is 5.73 Å². The monoisotopic (exact) mass is 251 g/mol. The van der Waals surface area contributed by atoms with Crippen molar-refractivity contribution in [2.24, 2.45) is 5.73 Å². The Labute approximate surface area is 76.4 Å². The van der Waals surface area contributed by atoms with Crippen molar-refractivity contribution in [1.82, 2.24) is 0 Å². The maximum atomic E-state index is 10.4. The van der Waals surface area contributed by atoms with Crippen LogP contribution in [0.3, 0.4) is 0 Å². The maximum absolute atomic E-state index is 10.4. The summed E-state index contributed by atoms with van der Waals surface area (Å²) in [4.78, 5) is 0. The SMILES string of the molecule is Br.NCCOS(=O)(=O)CS. The average Bonchev–Trinajstić information content (AvgIpc) is 1.84. The van der Waals surface area contributed by atoms with Gasteiger partial charge in [0.1, 0.15) is 5.08 Å². The summed E-state index contributed by atoms with van der Waals surface area (Å²) < 4.78 is 25.1. The first-order valence-electron chi connectivity index (χ1n) is 2.30. The Morgan fingerprint density at radius 1 is 1.50 bits per heavy atom. The lowest BCUT2D eigenvalue weighted by molar-refractivity contribution is 0.331. The highest BCUT2D eigenvalue weighted by Crippen LogP contribution is 1.93. The molecule has 0 bridgehead atoms. The molecule has 0 spiro atoms. The number of halogens is 1. The first kappa shape index (κ1) is 13.3. The van der Waals surface area contributed by atoms with Crippen LogP contribution in [-0.4, -0.2) is 26.7 Å². The minimum Gasteiger partial charge on any atom is -0.328 e. The number of hydrogen-bond acceptors (Lipinski definition) is 5. The number of nitrogens with two attached hydrogens (primary N) is 1. The molecule has 7 heteroatoms. The fourth-order valence-electron chi connectivity index (χ4n) is 0.212. The van der Waals surface area contributed by atoms with Crippen molar-refractivity contribution >= 4 is 39.7 Å². The van der Waals surface area contributed by atoms with Crippen molar-refractivity contribution in [1.29, 1.82) is 0 Å². The Balaban J connectivity index is 0. The first-order valence-corrected chi connectivity index (χ1v) is 4.51. The molecule has 2 N–H and O–H groups in total. The summed E-state index contributed by atoms with van der Waals surface area (Å²) in [5, 5.41) is -0.299. The summed E-state index contributed by atoms with van der Waals surface area (Å²) in [5.41, 5.74) is 4.98. The molecule has 0 rings (SSSR count). The molecule has 0 amide bonds. The zero-order chi connectivity index (χ0) is 7.33. The van der Waals surface area contributed by atoms with E-state index in [1.807, 2.05) is 0 Å². The van der Waals surface area contributed by atoms with Gasteiger partial charge in [0.05, 0.1) is 6.61 Å². The van der Waals surface area contributed by atoms with Gasteiger partial charge in [-0.25, -0.2) is 0 Å². The lowest BCUT2D eigenvalue weighted by Gasteiger charge is -1.98. The molecule has 0 aromatic carbocycles. The lowest BCUT2D eigenvalue weighted by atomic mass is 10.8. The smallest absolute Gasteiger partial charge is 0.276 e. The van der Waals surface area contributed by atoms with E-state index in [2.05, 4.69) is 16.8 Å². The van der Waals surface area contributed by atoms with E-state index in [4.69, 9.17) is 5.73 Å². The van der Waals surface area contributed by atoms with Gasteiger partial charge in [0.15, 0.2) is 0 Å². The van der Waals surface area contributed by atoms with Gasteiger partial charge >= 0.3 is 0 Å². The fourth-order valence-corrected chi connectivity index (χ4v) is 0.861. The minimum atomic E-state index is -3.40. The molecule has 0 saturated heterocycles. The molecule has 0 atom stereocenters. The van der Waals surface area contributed by atoms with Crippen molar-refractivity contribution in [3.63, 3.8) is 0 Å². The molecule has 0 unspecified atom stereocenters. The van der Waals surface area contributed by atoms with Gasteiger partial charge in [-0.05, 0) is 0 Å². The molecule has 0 heterocycles. The van der Waals surface area contributed by atoms with Crippen molar-refractivity contribution < 1.29 is 12.6 Å². The highest BCUT2D eigenvalue weighted by atomic mass is 79.9. The van der Waals surface area contributed by atoms with E-state index in [0.717, 1.165) is 0 Å². The number of thiol groups is 1. The van der Waals surface area contributed by atoms with Crippen LogP contribution >= 0.6 is 29.6 Å². The van der Waals surface area contributed by atoms with Crippen molar-refractivity contribution in [3.8, 4) is 0 Å². The van der Waals surface area contributed by atoms with Crippen molar-refractivity contribution in [3.05, 3.63) is 0 Å². The quantitative estimate of drug-likeness (QED) is 0.535. The molecule has 0 aliphatic rings. The zero-order valence-corrected chi connectivity index (χ0v) is 8.61. The van der Waals surface area contributed by atoms with Gasteiger partial charge in [0.25, 0.3) is 10.1 Å². The van der Waals surface area contributed by atoms with Gasteiger partial charge in [-0.1, -0.05) is 0 Å². The molecule has 0 aromatic heterocycles. The molecular weight excluding hydrogens is 242 g/mol. The molecule has 0 radical (unpaired) electrons. The van der Waals surface area contributed by atoms with E-state index >= 15 is 0 Å². The van der Waals surface area contributed by atoms with Crippen LogP contribution in [0.4, 0.5) is 0 Å². The third-order valence-electron chi connectivity index (χ3n) is 0.539. The number of rotatable bonds is 4. The molecule has 0 aromatic rings. The second-order valence-corrected chi connectivity index (χ2v) is 3.68. The third kappa shape index (κ3) is 6.81. The van der Waals surface area contributed by atoms with Crippen LogP contribution in [0.2, 0.25) is 0 Å². The molecule has 0 aliphatic carbocycles. The summed E-state index contributed by atoms with van der Waals surface area (Å²) in [6.45, 7) is 0.232. The first-order chi connectivity index (χ1) is 4.12. The van der Waals surface area contributed by atoms with Crippen molar-refractivity contribution in [2.45, 2.75) is 0 Å². The Morgan fingerprint density at radius 2 is 2.00 bits per heavy atom. The summed E-state index contributed by atoms with van der Waals surface area (Å²) in [6.07, 6.45) is 0. The van der Waals surface area contributed by atoms with Gasteiger partial charge in [-0.2, -0.15) is 21.0 Å². The summed E-state index contributed by atoms with van der Waals surface area (Å²) in [6, 6.07) is 0. The standard InChI is InChI=1S/C3H9NO3S2.BrH/c4-1-2-7-9(5,6)3-8;/h8H,1-4H2;1H. The van der Waals surface area contributed by atoms with E-state index in [1.165, 1.54) is 0 Å². The van der Waals surface area contributed by atoms with E-state index in [0.29, 0.717) is 0 Å². The van der Waals surface area contributed by atoms with Crippen LogP contribution in [0.25, 0.3) is 0 Å². The number of hydrogen-bond donors (Lipinski definition) is 2. The maximum Gasteiger partial charge on any atom is 0.276 e. The van der Waals surface area contributed by atoms with Gasteiger partial charge < -0.3 is 5.73 Å². The molecule has 0 aliphatic heterocycles. The Hall–Kier alpha value is 0.700. The predicted octanol–water partition coefficient (Wildman–Crippen LogP) is -0.243. The van der Waals surface area contributed by atoms with Crippen LogP contribution in [0.15, 0.2) is 0 Å². The van der Waals surface area contributed by atoms with Gasteiger partial charge in [-0.3, -0.25) is 4.18 Å². The largest absolute Gasteiger partial charge is 0.328 e. The topological polar surface area (TPSA) is 69.4 Å². The predicted molar refractivity (Wildman–Crippen MR) is 48.1 cm³/mol. The molecule has 0 saturated carbocycles. The summed E-state index contributed by atoms with van der Waals surface area (Å²) >= 11 is 3.52. The Morgan fingerprint density at radius 3 is 2.30 bits per heavy atom. The minimum absolute atomic E-state index is 0. The summed E-state index contributed by atoms with van der Waals surface area (Å²) in [7, 11) is -3.40. The molecule has 4 nitrogen and oxygen atoms in total. The molecule has 10 heavy (non-hydrogen) atoms. The lowest BCUT2D eigenvalue weighted by Crippen LogP contribution is -2.14. The Kier molecular flexibility index (Phi) is 8.53. The Bertz CT molecular complexity index is 157. The molecule has 0 fully saturated rings. The van der Waals surface area contributed by atoms with Gasteiger partial charge in [0.2, 0.25) is 0 Å². The van der Waals surface area contributed by atoms with Crippen LogP contribution in [0, 0.1) is 0 Å². The van der Waals surface area contributed by atoms with Crippen LogP contribution in [0.5, 0.6) is 0 Å². The second kappa shape index (κ2) is 6.41. The summed E-state index contributed by atoms with van der Waals surface area (Å²) in [5.74, 6) is 0. The van der Waals surface area contributed by atoms with E-state index in [9.17, 15) is 8.42 Å². The average molecular weight is 252 g/mol. The van der Waals surface area contributed by atoms with Crippen LogP contribution in [0.1, 0.15) is 0 Å². The molecular formula is C3H10BrNO3S2. The third-order valence-corrected chi connectivity index (χ3v) is 2.33. The fraction of sp³-hybridized carbons (Fsp3) is 1.00. The van der Waals surface area contributed by atoms with E-state index in [1.54, 1.807) is 0 Å². The highest BCUT2D eigenvalue weighted by molar-refractivity contribution is 8.93. The normalized spacial score (nSPS) is 10.6. The zero-order valence-electron chi connectivity index (χ0n) is 5.19. The van der Waals surface area contributed by atoms with Crippen LogP contribution in [-0.2, 0) is 14.3 Å². The van der Waals surface area contributed by atoms with Crippen molar-refractivity contribution in [2.75, 3.05) is 18.2 Å². The van der Waals surface area contributed by atoms with E-state index in [-0.39, 0.29) is 35.2 Å².